The number of alkyl halides is 3. The van der Waals surface area contributed by atoms with E-state index in [1.807, 2.05) is 13.0 Å². The fourth-order valence-electron chi connectivity index (χ4n) is 1.35. The van der Waals surface area contributed by atoms with Gasteiger partial charge >= 0.3 is 6.18 Å². The summed E-state index contributed by atoms with van der Waals surface area (Å²) in [5.41, 5.74) is -1.37. The van der Waals surface area contributed by atoms with Gasteiger partial charge in [0, 0.05) is 0 Å². The van der Waals surface area contributed by atoms with Crippen molar-refractivity contribution in [2.45, 2.75) is 38.4 Å². The molecule has 0 amide bonds. The van der Waals surface area contributed by atoms with Crippen LogP contribution in [0, 0.1) is 16.7 Å². The second-order valence-corrected chi connectivity index (χ2v) is 4.27. The van der Waals surface area contributed by atoms with E-state index in [0.29, 0.717) is 0 Å². The summed E-state index contributed by atoms with van der Waals surface area (Å²) >= 11 is 0. The molecule has 1 rings (SSSR count). The summed E-state index contributed by atoms with van der Waals surface area (Å²) < 4.78 is 35.9. The lowest BCUT2D eigenvalue weighted by Crippen LogP contribution is -2.51. The van der Waals surface area contributed by atoms with Gasteiger partial charge in [-0.1, -0.05) is 6.92 Å². The van der Waals surface area contributed by atoms with Crippen molar-refractivity contribution in [1.82, 2.24) is 5.32 Å². The first kappa shape index (κ1) is 11.3. The summed E-state index contributed by atoms with van der Waals surface area (Å²) in [6.45, 7) is 2.26. The van der Waals surface area contributed by atoms with Gasteiger partial charge < -0.3 is 0 Å². The summed E-state index contributed by atoms with van der Waals surface area (Å²) in [6, 6.07) is 1.94. The van der Waals surface area contributed by atoms with E-state index in [1.165, 1.54) is 6.92 Å². The molecule has 1 aliphatic carbocycles. The van der Waals surface area contributed by atoms with Gasteiger partial charge in [-0.25, -0.2) is 0 Å². The average molecular weight is 206 g/mol. The maximum Gasteiger partial charge on any atom is 0.401 e. The zero-order chi connectivity index (χ0) is 11.0. The van der Waals surface area contributed by atoms with Crippen LogP contribution in [0.2, 0.25) is 0 Å². The minimum Gasteiger partial charge on any atom is -0.291 e. The number of hydrogen-bond donors (Lipinski definition) is 1. The van der Waals surface area contributed by atoms with Gasteiger partial charge in [-0.15, -0.1) is 0 Å². The van der Waals surface area contributed by atoms with Gasteiger partial charge in [0.25, 0.3) is 0 Å². The lowest BCUT2D eigenvalue weighted by molar-refractivity contribution is -0.128. The second-order valence-electron chi connectivity index (χ2n) is 4.27. The van der Waals surface area contributed by atoms with Crippen LogP contribution in [0.3, 0.4) is 0 Å². The zero-order valence-electron chi connectivity index (χ0n) is 8.20. The molecule has 0 spiro atoms. The van der Waals surface area contributed by atoms with Gasteiger partial charge in [0.05, 0.1) is 12.6 Å². The molecule has 0 bridgehead atoms. The molecular weight excluding hydrogens is 193 g/mol. The third kappa shape index (κ3) is 2.18. The lowest BCUT2D eigenvalue weighted by Gasteiger charge is -2.30. The molecule has 14 heavy (non-hydrogen) atoms. The molecule has 5 heteroatoms. The SMILES string of the molecule is CC1(C(C)(C#N)NCC(F)(F)F)CC1. The van der Waals surface area contributed by atoms with Crippen molar-refractivity contribution in [3.63, 3.8) is 0 Å². The molecule has 0 radical (unpaired) electrons. The van der Waals surface area contributed by atoms with Crippen LogP contribution >= 0.6 is 0 Å². The molecule has 1 atom stereocenters. The van der Waals surface area contributed by atoms with Crippen molar-refractivity contribution < 1.29 is 13.2 Å². The molecule has 0 heterocycles. The van der Waals surface area contributed by atoms with E-state index in [1.54, 1.807) is 0 Å². The molecule has 0 aromatic rings. The molecule has 80 valence electrons. The first-order chi connectivity index (χ1) is 6.22. The molecule has 0 aliphatic heterocycles. The van der Waals surface area contributed by atoms with Crippen LogP contribution in [0.5, 0.6) is 0 Å². The number of halogens is 3. The Morgan fingerprint density at radius 2 is 1.93 bits per heavy atom. The highest BCUT2D eigenvalue weighted by Gasteiger charge is 2.54. The maximum absolute atomic E-state index is 12.0. The van der Waals surface area contributed by atoms with Crippen LogP contribution in [-0.4, -0.2) is 18.3 Å². The van der Waals surface area contributed by atoms with Crippen LogP contribution in [0.25, 0.3) is 0 Å². The molecule has 1 aliphatic rings. The molecule has 1 fully saturated rings. The second kappa shape index (κ2) is 3.13. The fraction of sp³-hybridized carbons (Fsp3) is 0.889. The topological polar surface area (TPSA) is 35.8 Å². The van der Waals surface area contributed by atoms with E-state index in [0.717, 1.165) is 12.8 Å². The number of nitrogens with one attached hydrogen (secondary N) is 1. The summed E-state index contributed by atoms with van der Waals surface area (Å²) in [4.78, 5) is 0. The Kier molecular flexibility index (Phi) is 2.53. The predicted molar refractivity (Wildman–Crippen MR) is 45.4 cm³/mol. The van der Waals surface area contributed by atoms with E-state index in [2.05, 4.69) is 5.32 Å². The summed E-state index contributed by atoms with van der Waals surface area (Å²) in [5.74, 6) is 0. The molecule has 0 aromatic heterocycles. The third-order valence-electron chi connectivity index (χ3n) is 3.07. The quantitative estimate of drug-likeness (QED) is 0.768. The van der Waals surface area contributed by atoms with Gasteiger partial charge in [-0.3, -0.25) is 5.32 Å². The van der Waals surface area contributed by atoms with E-state index in [9.17, 15) is 13.2 Å². The highest BCUT2D eigenvalue weighted by Crippen LogP contribution is 2.53. The number of rotatable bonds is 3. The summed E-state index contributed by atoms with van der Waals surface area (Å²) in [6.07, 6.45) is -2.65. The normalized spacial score (nSPS) is 23.7. The van der Waals surface area contributed by atoms with Crippen molar-refractivity contribution in [2.75, 3.05) is 6.54 Å². The summed E-state index contributed by atoms with van der Waals surface area (Å²) in [7, 11) is 0. The highest BCUT2D eigenvalue weighted by atomic mass is 19.4. The van der Waals surface area contributed by atoms with Gasteiger partial charge in [0.1, 0.15) is 5.54 Å². The van der Waals surface area contributed by atoms with Crippen LogP contribution in [0.1, 0.15) is 26.7 Å². The number of hydrogen-bond acceptors (Lipinski definition) is 2. The lowest BCUT2D eigenvalue weighted by atomic mass is 9.85. The molecule has 1 unspecified atom stereocenters. The Labute approximate surface area is 81.1 Å². The average Bonchev–Trinajstić information content (AvgIpc) is 2.79. The minimum absolute atomic E-state index is 0.299. The predicted octanol–water partition coefficient (Wildman–Crippen LogP) is 2.22. The van der Waals surface area contributed by atoms with Crippen molar-refractivity contribution in [3.05, 3.63) is 0 Å². The molecule has 1 N–H and O–H groups in total. The van der Waals surface area contributed by atoms with E-state index < -0.39 is 18.3 Å². The first-order valence-corrected chi connectivity index (χ1v) is 4.45. The standard InChI is InChI=1S/C9H13F3N2/c1-7(3-4-7)8(2,5-13)14-6-9(10,11)12/h14H,3-4,6H2,1-2H3. The Morgan fingerprint density at radius 1 is 1.43 bits per heavy atom. The Balaban J connectivity index is 2.60. The van der Waals surface area contributed by atoms with Gasteiger partial charge in [-0.05, 0) is 25.2 Å². The van der Waals surface area contributed by atoms with Crippen molar-refractivity contribution in [3.8, 4) is 6.07 Å². The smallest absolute Gasteiger partial charge is 0.291 e. The minimum atomic E-state index is -4.26. The fourth-order valence-corrected chi connectivity index (χ4v) is 1.35. The molecule has 1 saturated carbocycles. The third-order valence-corrected chi connectivity index (χ3v) is 3.07. The zero-order valence-corrected chi connectivity index (χ0v) is 8.20. The molecule has 2 nitrogen and oxygen atoms in total. The Bertz CT molecular complexity index is 262. The Hall–Kier alpha value is -0.760. The van der Waals surface area contributed by atoms with E-state index in [4.69, 9.17) is 5.26 Å². The van der Waals surface area contributed by atoms with Crippen molar-refractivity contribution in [2.24, 2.45) is 5.41 Å². The van der Waals surface area contributed by atoms with Crippen LogP contribution in [0.4, 0.5) is 13.2 Å². The number of nitrogens with zero attached hydrogens (tertiary/aromatic N) is 1. The van der Waals surface area contributed by atoms with Crippen LogP contribution in [-0.2, 0) is 0 Å². The molecular formula is C9H13F3N2. The maximum atomic E-state index is 12.0. The van der Waals surface area contributed by atoms with Gasteiger partial charge in [0.15, 0.2) is 0 Å². The monoisotopic (exact) mass is 206 g/mol. The van der Waals surface area contributed by atoms with Gasteiger partial charge in [0.2, 0.25) is 0 Å². The Morgan fingerprint density at radius 3 is 2.21 bits per heavy atom. The molecule has 0 saturated heterocycles. The van der Waals surface area contributed by atoms with Gasteiger partial charge in [-0.2, -0.15) is 18.4 Å². The summed E-state index contributed by atoms with van der Waals surface area (Å²) in [5, 5.41) is 11.2. The first-order valence-electron chi connectivity index (χ1n) is 4.45. The van der Waals surface area contributed by atoms with E-state index in [-0.39, 0.29) is 5.41 Å². The number of nitriles is 1. The van der Waals surface area contributed by atoms with E-state index >= 15 is 0 Å². The largest absolute Gasteiger partial charge is 0.401 e. The van der Waals surface area contributed by atoms with Crippen molar-refractivity contribution in [1.29, 1.82) is 5.26 Å². The van der Waals surface area contributed by atoms with Crippen molar-refractivity contribution >= 4 is 0 Å². The molecule has 0 aromatic carbocycles. The van der Waals surface area contributed by atoms with Crippen LogP contribution in [0.15, 0.2) is 0 Å². The van der Waals surface area contributed by atoms with Crippen LogP contribution < -0.4 is 5.32 Å². The highest BCUT2D eigenvalue weighted by molar-refractivity contribution is 5.19.